The molecule has 0 spiro atoms. The van der Waals surface area contributed by atoms with Crippen LogP contribution in [0.5, 0.6) is 11.5 Å². The van der Waals surface area contributed by atoms with Gasteiger partial charge in [0.15, 0.2) is 11.5 Å². The van der Waals surface area contributed by atoms with Crippen LogP contribution < -0.4 is 9.99 Å². The second-order valence-electron chi connectivity index (χ2n) is 9.68. The van der Waals surface area contributed by atoms with E-state index in [2.05, 4.69) is 65.8 Å². The number of hydrazone groups is 1. The van der Waals surface area contributed by atoms with Crippen molar-refractivity contribution in [1.82, 2.24) is 15.6 Å². The highest BCUT2D eigenvalue weighted by Gasteiger charge is 2.25. The van der Waals surface area contributed by atoms with Crippen LogP contribution in [0.15, 0.2) is 77.0 Å². The van der Waals surface area contributed by atoms with Crippen LogP contribution in [-0.2, 0) is 10.2 Å². The lowest BCUT2D eigenvalue weighted by Gasteiger charge is -2.18. The van der Waals surface area contributed by atoms with E-state index in [1.165, 1.54) is 35.7 Å². The third-order valence-corrected chi connectivity index (χ3v) is 6.66. The van der Waals surface area contributed by atoms with E-state index >= 15 is 0 Å². The van der Waals surface area contributed by atoms with Crippen molar-refractivity contribution in [3.8, 4) is 28.6 Å². The minimum atomic E-state index is -0.307. The number of nitrogens with zero attached hydrogens (tertiary/aromatic N) is 3. The highest BCUT2D eigenvalue weighted by Crippen LogP contribution is 2.26. The van der Waals surface area contributed by atoms with Crippen molar-refractivity contribution in [3.63, 3.8) is 0 Å². The molecule has 4 aromatic rings. The molecule has 0 fully saturated rings. The van der Waals surface area contributed by atoms with E-state index in [4.69, 9.17) is 0 Å². The molecule has 9 heteroatoms. The summed E-state index contributed by atoms with van der Waals surface area (Å²) in [5.41, 5.74) is 7.38. The molecule has 190 valence electrons. The fraction of sp³-hybridized carbons (Fsp3) is 0.214. The first-order chi connectivity index (χ1) is 17.6. The topological polar surface area (TPSA) is 114 Å². The van der Waals surface area contributed by atoms with Crippen molar-refractivity contribution < 1.29 is 19.6 Å². The molecular weight excluding hydrogens is 486 g/mol. The molecule has 0 aliphatic heterocycles. The first-order valence-electron chi connectivity index (χ1n) is 11.8. The Morgan fingerprint density at radius 1 is 1.05 bits per heavy atom. The van der Waals surface area contributed by atoms with E-state index in [-0.39, 0.29) is 28.6 Å². The number of nitrogens with one attached hydrogen (secondary N) is 2. The average Bonchev–Trinajstić information content (AvgIpc) is 3.29. The molecule has 0 atom stereocenters. The molecule has 37 heavy (non-hydrogen) atoms. The van der Waals surface area contributed by atoms with E-state index in [0.717, 1.165) is 22.6 Å². The number of aromatic hydroxyl groups is 2. The quantitative estimate of drug-likeness (QED) is 0.0941. The van der Waals surface area contributed by atoms with Gasteiger partial charge in [-0.05, 0) is 77.7 Å². The van der Waals surface area contributed by atoms with Gasteiger partial charge < -0.3 is 10.2 Å². The van der Waals surface area contributed by atoms with Crippen molar-refractivity contribution in [2.24, 2.45) is 5.10 Å². The van der Waals surface area contributed by atoms with E-state index < -0.39 is 0 Å². The monoisotopic (exact) mass is 516 g/mol. The lowest BCUT2D eigenvalue weighted by atomic mass is 9.87. The summed E-state index contributed by atoms with van der Waals surface area (Å²) in [6.45, 7) is 8.59. The molecule has 1 amide bonds. The molecule has 3 aromatic carbocycles. The van der Waals surface area contributed by atoms with Crippen molar-refractivity contribution in [3.05, 3.63) is 83.4 Å². The van der Waals surface area contributed by atoms with E-state index in [1.807, 2.05) is 35.8 Å². The maximum Gasteiger partial charge on any atom is 0.342 e. The zero-order valence-electron chi connectivity index (χ0n) is 21.2. The number of benzene rings is 3. The highest BCUT2D eigenvalue weighted by atomic mass is 32.2. The summed E-state index contributed by atoms with van der Waals surface area (Å²) in [4.78, 5) is 12.4. The van der Waals surface area contributed by atoms with Crippen molar-refractivity contribution >= 4 is 23.9 Å². The number of H-pyrrole nitrogens is 1. The fourth-order valence-electron chi connectivity index (χ4n) is 3.61. The Kier molecular flexibility index (Phi) is 7.63. The Balaban J connectivity index is 1.53. The number of carbonyl (C=O) groups excluding carboxylic acids is 1. The van der Waals surface area contributed by atoms with Crippen LogP contribution in [0.25, 0.3) is 17.1 Å². The number of carbonyl (C=O) groups is 1. The molecule has 0 aliphatic carbocycles. The molecule has 0 bridgehead atoms. The molecule has 0 radical (unpaired) electrons. The van der Waals surface area contributed by atoms with Gasteiger partial charge in [-0.15, -0.1) is 5.10 Å². The number of phenols is 2. The van der Waals surface area contributed by atoms with Gasteiger partial charge in [-0.3, -0.25) is 4.79 Å². The van der Waals surface area contributed by atoms with Crippen LogP contribution in [0.3, 0.4) is 0 Å². The number of hydrogen-bond donors (Lipinski definition) is 4. The smallest absolute Gasteiger partial charge is 0.342 e. The van der Waals surface area contributed by atoms with Crippen LogP contribution in [0.1, 0.15) is 37.5 Å². The first kappa shape index (κ1) is 26.0. The van der Waals surface area contributed by atoms with Gasteiger partial charge in [0.1, 0.15) is 5.69 Å². The van der Waals surface area contributed by atoms with Crippen molar-refractivity contribution in [2.75, 3.05) is 5.75 Å². The Morgan fingerprint density at radius 2 is 1.76 bits per heavy atom. The lowest BCUT2D eigenvalue weighted by molar-refractivity contribution is -0.625. The molecule has 0 unspecified atom stereocenters. The summed E-state index contributed by atoms with van der Waals surface area (Å²) in [6.07, 6.45) is 1.39. The Morgan fingerprint density at radius 3 is 2.41 bits per heavy atom. The van der Waals surface area contributed by atoms with Gasteiger partial charge in [0.25, 0.3) is 11.7 Å². The SMILES string of the molecule is Cc1ccc(-[n+]2c(SCC(=O)NN=Cc3ccc(O)c(O)c3)n[nH]c2-c2ccc(C(C)(C)C)cc2)cc1. The molecule has 1 heterocycles. The molecule has 4 rings (SSSR count). The number of aromatic nitrogens is 3. The number of thioether (sulfide) groups is 1. The summed E-state index contributed by atoms with van der Waals surface area (Å²) in [5, 5.41) is 31.2. The van der Waals surface area contributed by atoms with Gasteiger partial charge >= 0.3 is 5.16 Å². The van der Waals surface area contributed by atoms with Crippen molar-refractivity contribution in [1.29, 1.82) is 0 Å². The Hall–Kier alpha value is -4.11. The van der Waals surface area contributed by atoms with Gasteiger partial charge in [0.05, 0.1) is 22.6 Å². The van der Waals surface area contributed by atoms with Gasteiger partial charge in [0, 0.05) is 0 Å². The Bertz CT molecular complexity index is 1420. The highest BCUT2D eigenvalue weighted by molar-refractivity contribution is 7.99. The standard InChI is InChI=1S/C28H29N5O3S/c1-18-5-12-22(13-6-18)33-26(20-8-10-21(11-9-20)28(2,3)4)31-32-27(33)37-17-25(36)30-29-16-19-7-14-23(34)24(35)15-19/h5-16H,17H2,1-4H3,(H3,29,30,34,35,36)/p+1. The molecule has 0 saturated carbocycles. The predicted molar refractivity (Wildman–Crippen MR) is 145 cm³/mol. The molecule has 0 aliphatic rings. The second-order valence-corrected chi connectivity index (χ2v) is 10.6. The minimum absolute atomic E-state index is 0.0545. The van der Waals surface area contributed by atoms with Crippen LogP contribution in [0.2, 0.25) is 0 Å². The minimum Gasteiger partial charge on any atom is -0.504 e. The van der Waals surface area contributed by atoms with Crippen LogP contribution in [0.4, 0.5) is 0 Å². The third-order valence-electron chi connectivity index (χ3n) is 5.72. The van der Waals surface area contributed by atoms with Gasteiger partial charge in [-0.2, -0.15) is 9.67 Å². The number of aromatic amines is 1. The normalized spacial score (nSPS) is 11.7. The molecule has 1 aromatic heterocycles. The third kappa shape index (κ3) is 6.37. The average molecular weight is 517 g/mol. The van der Waals surface area contributed by atoms with Gasteiger partial charge in [-0.1, -0.05) is 50.6 Å². The number of rotatable bonds is 7. The maximum absolute atomic E-state index is 12.4. The van der Waals surface area contributed by atoms with E-state index in [9.17, 15) is 15.0 Å². The zero-order valence-corrected chi connectivity index (χ0v) is 22.0. The van der Waals surface area contributed by atoms with Gasteiger partial charge in [-0.25, -0.2) is 5.43 Å². The first-order valence-corrected chi connectivity index (χ1v) is 12.8. The summed E-state index contributed by atoms with van der Waals surface area (Å²) in [6, 6.07) is 20.8. The number of phenolic OH excluding ortho intramolecular Hbond substituents is 2. The summed E-state index contributed by atoms with van der Waals surface area (Å²) in [7, 11) is 0. The van der Waals surface area contributed by atoms with Crippen LogP contribution >= 0.6 is 11.8 Å². The number of hydrogen-bond acceptors (Lipinski definition) is 6. The van der Waals surface area contributed by atoms with Crippen LogP contribution in [0, 0.1) is 6.92 Å². The fourth-order valence-corrected chi connectivity index (χ4v) is 4.37. The molecule has 4 N–H and O–H groups in total. The predicted octanol–water partition coefficient (Wildman–Crippen LogP) is 4.61. The molecular formula is C28H30N5O3S+. The maximum atomic E-state index is 12.4. The van der Waals surface area contributed by atoms with E-state index in [1.54, 1.807) is 6.07 Å². The van der Waals surface area contributed by atoms with E-state index in [0.29, 0.717) is 10.7 Å². The van der Waals surface area contributed by atoms with Gasteiger partial charge in [0.2, 0.25) is 0 Å². The largest absolute Gasteiger partial charge is 0.504 e. The zero-order chi connectivity index (χ0) is 26.6. The molecule has 0 saturated heterocycles. The van der Waals surface area contributed by atoms with Crippen molar-refractivity contribution in [2.45, 2.75) is 38.3 Å². The Labute approximate surface area is 220 Å². The summed E-state index contributed by atoms with van der Waals surface area (Å²) in [5.74, 6) is 0.130. The lowest BCUT2D eigenvalue weighted by Crippen LogP contribution is -2.34. The summed E-state index contributed by atoms with van der Waals surface area (Å²) >= 11 is 1.29. The van der Waals surface area contributed by atoms with Crippen LogP contribution in [-0.4, -0.2) is 38.3 Å². The second kappa shape index (κ2) is 10.9. The number of aryl methyl sites for hydroxylation is 1. The number of amides is 1. The molecule has 8 nitrogen and oxygen atoms in total. The summed E-state index contributed by atoms with van der Waals surface area (Å²) < 4.78 is 2.01.